The van der Waals surface area contributed by atoms with Gasteiger partial charge in [-0.1, -0.05) is 48.0 Å². The number of nitrogens with one attached hydrogen (secondary N) is 1. The molecule has 0 radical (unpaired) electrons. The van der Waals surface area contributed by atoms with Crippen molar-refractivity contribution < 1.29 is 9.53 Å². The van der Waals surface area contributed by atoms with E-state index < -0.39 is 6.04 Å². The Morgan fingerprint density at radius 1 is 1.24 bits per heavy atom. The highest BCUT2D eigenvalue weighted by atomic mass is 35.5. The highest BCUT2D eigenvalue weighted by molar-refractivity contribution is 6.33. The fourth-order valence-electron chi connectivity index (χ4n) is 2.04. The Labute approximate surface area is 129 Å². The van der Waals surface area contributed by atoms with Crippen molar-refractivity contribution in [3.8, 4) is 0 Å². The summed E-state index contributed by atoms with van der Waals surface area (Å²) in [5.74, 6) is -0.319. The first-order chi connectivity index (χ1) is 10.1. The molecule has 0 saturated carbocycles. The minimum atomic E-state index is -0.577. The zero-order valence-corrected chi connectivity index (χ0v) is 12.9. The average molecular weight is 304 g/mol. The van der Waals surface area contributed by atoms with Crippen LogP contribution in [-0.2, 0) is 9.53 Å². The number of anilines is 1. The zero-order valence-electron chi connectivity index (χ0n) is 12.1. The summed E-state index contributed by atoms with van der Waals surface area (Å²) in [6.07, 6.45) is 0. The first kappa shape index (κ1) is 15.4. The van der Waals surface area contributed by atoms with E-state index >= 15 is 0 Å². The quantitative estimate of drug-likeness (QED) is 0.834. The van der Waals surface area contributed by atoms with Gasteiger partial charge in [-0.3, -0.25) is 0 Å². The number of ether oxygens (including phenoxy) is 1. The van der Waals surface area contributed by atoms with Gasteiger partial charge in [0.2, 0.25) is 0 Å². The lowest BCUT2D eigenvalue weighted by Gasteiger charge is -2.19. The molecule has 3 nitrogen and oxygen atoms in total. The van der Waals surface area contributed by atoms with Gasteiger partial charge in [0, 0.05) is 0 Å². The molecule has 2 aromatic carbocycles. The third kappa shape index (κ3) is 3.99. The molecule has 0 fully saturated rings. The lowest BCUT2D eigenvalue weighted by Crippen LogP contribution is -2.23. The van der Waals surface area contributed by atoms with Gasteiger partial charge in [0.25, 0.3) is 0 Å². The summed E-state index contributed by atoms with van der Waals surface area (Å²) in [6, 6.07) is 14.6. The molecular formula is C17H18ClNO2. The predicted octanol–water partition coefficient (Wildman–Crippen LogP) is 4.36. The Hall–Kier alpha value is -2.00. The van der Waals surface area contributed by atoms with Crippen LogP contribution in [0.2, 0.25) is 5.02 Å². The summed E-state index contributed by atoms with van der Waals surface area (Å²) in [7, 11) is 0. The highest BCUT2D eigenvalue weighted by Crippen LogP contribution is 2.28. The van der Waals surface area contributed by atoms with Crippen LogP contribution in [0.15, 0.2) is 48.5 Å². The molecule has 1 atom stereocenters. The Balaban J connectivity index is 2.30. The van der Waals surface area contributed by atoms with Crippen molar-refractivity contribution in [3.05, 3.63) is 64.7 Å². The summed E-state index contributed by atoms with van der Waals surface area (Å²) in [5.41, 5.74) is 2.62. The molecule has 2 rings (SSSR count). The standard InChI is InChI=1S/C17H18ClNO2/c1-3-21-17(20)16(13-7-5-4-6-8-13)19-15-10-9-12(2)11-14(15)18/h4-11,16,19H,3H2,1-2H3. The van der Waals surface area contributed by atoms with E-state index in [4.69, 9.17) is 16.3 Å². The molecule has 0 amide bonds. The maximum absolute atomic E-state index is 12.2. The number of esters is 1. The molecule has 0 spiro atoms. The van der Waals surface area contributed by atoms with Gasteiger partial charge in [0.1, 0.15) is 0 Å². The molecule has 1 unspecified atom stereocenters. The van der Waals surface area contributed by atoms with Crippen molar-refractivity contribution in [1.29, 1.82) is 0 Å². The molecular weight excluding hydrogens is 286 g/mol. The topological polar surface area (TPSA) is 38.3 Å². The van der Waals surface area contributed by atoms with Crippen molar-refractivity contribution in [3.63, 3.8) is 0 Å². The van der Waals surface area contributed by atoms with Crippen molar-refractivity contribution in [2.45, 2.75) is 19.9 Å². The van der Waals surface area contributed by atoms with E-state index in [0.717, 1.165) is 11.1 Å². The van der Waals surface area contributed by atoms with Crippen molar-refractivity contribution in [2.24, 2.45) is 0 Å². The second-order valence-corrected chi connectivity index (χ2v) is 5.13. The van der Waals surface area contributed by atoms with Gasteiger partial charge in [-0.2, -0.15) is 0 Å². The summed E-state index contributed by atoms with van der Waals surface area (Å²) in [5, 5.41) is 3.75. The number of rotatable bonds is 5. The number of halogens is 1. The predicted molar refractivity (Wildman–Crippen MR) is 85.6 cm³/mol. The van der Waals surface area contributed by atoms with E-state index in [0.29, 0.717) is 17.3 Å². The van der Waals surface area contributed by atoms with E-state index in [9.17, 15) is 4.79 Å². The van der Waals surface area contributed by atoms with Gasteiger partial charge >= 0.3 is 5.97 Å². The highest BCUT2D eigenvalue weighted by Gasteiger charge is 2.22. The van der Waals surface area contributed by atoms with E-state index in [1.54, 1.807) is 6.92 Å². The minimum absolute atomic E-state index is 0.319. The molecule has 110 valence electrons. The number of aryl methyl sites for hydroxylation is 1. The second-order valence-electron chi connectivity index (χ2n) is 4.72. The monoisotopic (exact) mass is 303 g/mol. The molecule has 0 saturated heterocycles. The van der Waals surface area contributed by atoms with E-state index in [1.807, 2.05) is 55.5 Å². The number of benzene rings is 2. The van der Waals surface area contributed by atoms with Gasteiger partial charge < -0.3 is 10.1 Å². The molecule has 1 N–H and O–H groups in total. The van der Waals surface area contributed by atoms with Crippen LogP contribution in [0.5, 0.6) is 0 Å². The maximum Gasteiger partial charge on any atom is 0.333 e. The van der Waals surface area contributed by atoms with Crippen molar-refractivity contribution in [2.75, 3.05) is 11.9 Å². The van der Waals surface area contributed by atoms with Gasteiger partial charge in [-0.05, 0) is 37.1 Å². The largest absolute Gasteiger partial charge is 0.464 e. The van der Waals surface area contributed by atoms with Gasteiger partial charge in [0.15, 0.2) is 6.04 Å². The van der Waals surface area contributed by atoms with Gasteiger partial charge in [-0.15, -0.1) is 0 Å². The Bertz CT molecular complexity index is 613. The summed E-state index contributed by atoms with van der Waals surface area (Å²) < 4.78 is 5.15. The van der Waals surface area contributed by atoms with Crippen LogP contribution in [-0.4, -0.2) is 12.6 Å². The molecule has 0 aliphatic carbocycles. The Morgan fingerprint density at radius 3 is 2.57 bits per heavy atom. The van der Waals surface area contributed by atoms with Crippen LogP contribution in [0.1, 0.15) is 24.1 Å². The third-order valence-electron chi connectivity index (χ3n) is 3.08. The zero-order chi connectivity index (χ0) is 15.2. The van der Waals surface area contributed by atoms with Crippen LogP contribution < -0.4 is 5.32 Å². The lowest BCUT2D eigenvalue weighted by molar-refractivity contribution is -0.144. The molecule has 21 heavy (non-hydrogen) atoms. The molecule has 0 heterocycles. The molecule has 0 aromatic heterocycles. The minimum Gasteiger partial charge on any atom is -0.464 e. The third-order valence-corrected chi connectivity index (χ3v) is 3.39. The summed E-state index contributed by atoms with van der Waals surface area (Å²) >= 11 is 6.23. The summed E-state index contributed by atoms with van der Waals surface area (Å²) in [4.78, 5) is 12.2. The number of carbonyl (C=O) groups is 1. The van der Waals surface area contributed by atoms with Crippen LogP contribution in [0.4, 0.5) is 5.69 Å². The van der Waals surface area contributed by atoms with Crippen LogP contribution in [0.3, 0.4) is 0 Å². The molecule has 0 aliphatic heterocycles. The van der Waals surface area contributed by atoms with E-state index in [2.05, 4.69) is 5.32 Å². The fraction of sp³-hybridized carbons (Fsp3) is 0.235. The molecule has 4 heteroatoms. The van der Waals surface area contributed by atoms with Crippen molar-refractivity contribution in [1.82, 2.24) is 0 Å². The Morgan fingerprint density at radius 2 is 1.95 bits per heavy atom. The van der Waals surface area contributed by atoms with Crippen LogP contribution in [0, 0.1) is 6.92 Å². The second kappa shape index (κ2) is 7.14. The van der Waals surface area contributed by atoms with E-state index in [-0.39, 0.29) is 5.97 Å². The average Bonchev–Trinajstić information content (AvgIpc) is 2.47. The fourth-order valence-corrected chi connectivity index (χ4v) is 2.33. The first-order valence-corrected chi connectivity index (χ1v) is 7.24. The van der Waals surface area contributed by atoms with E-state index in [1.165, 1.54) is 0 Å². The molecule has 2 aromatic rings. The van der Waals surface area contributed by atoms with Crippen LogP contribution in [0.25, 0.3) is 0 Å². The first-order valence-electron chi connectivity index (χ1n) is 6.86. The lowest BCUT2D eigenvalue weighted by atomic mass is 10.1. The van der Waals surface area contributed by atoms with Gasteiger partial charge in [0.05, 0.1) is 17.3 Å². The number of hydrogen-bond donors (Lipinski definition) is 1. The normalized spacial score (nSPS) is 11.8. The Kier molecular flexibility index (Phi) is 5.23. The maximum atomic E-state index is 12.2. The molecule has 0 aliphatic rings. The number of hydrogen-bond acceptors (Lipinski definition) is 3. The smallest absolute Gasteiger partial charge is 0.333 e. The summed E-state index contributed by atoms with van der Waals surface area (Å²) in [6.45, 7) is 4.10. The molecule has 0 bridgehead atoms. The van der Waals surface area contributed by atoms with Gasteiger partial charge in [-0.25, -0.2) is 4.79 Å². The van der Waals surface area contributed by atoms with Crippen molar-refractivity contribution >= 4 is 23.3 Å². The van der Waals surface area contributed by atoms with Crippen LogP contribution >= 0.6 is 11.6 Å². The SMILES string of the molecule is CCOC(=O)C(Nc1ccc(C)cc1Cl)c1ccccc1. The number of carbonyl (C=O) groups excluding carboxylic acids is 1.